The summed E-state index contributed by atoms with van der Waals surface area (Å²) < 4.78 is 5.08. The molecule has 0 aliphatic carbocycles. The van der Waals surface area contributed by atoms with Gasteiger partial charge in [0.2, 0.25) is 11.8 Å². The number of ether oxygens (including phenoxy) is 1. The summed E-state index contributed by atoms with van der Waals surface area (Å²) in [4.78, 5) is 19.6. The number of carbonyl (C=O) groups is 1. The third-order valence-electron chi connectivity index (χ3n) is 3.55. The number of nitrogens with zero attached hydrogens (tertiary/aromatic N) is 2. The molecule has 1 unspecified atom stereocenters. The maximum atomic E-state index is 12.3. The molecule has 1 saturated heterocycles. The Bertz CT molecular complexity index is 674. The van der Waals surface area contributed by atoms with E-state index >= 15 is 0 Å². The highest BCUT2D eigenvalue weighted by atomic mass is 32.2. The van der Waals surface area contributed by atoms with Gasteiger partial charge < -0.3 is 4.74 Å². The fourth-order valence-corrected chi connectivity index (χ4v) is 4.32. The standard InChI is InChI=1S/C17H18N2O2S2/c1-3-22-14-7-4-12(5-8-14)17-19(16(20)11-23-17)13-6-9-15(21-2)18-10-13/h4-10,17H,3,11H2,1-2H3. The first-order chi connectivity index (χ1) is 11.2. The fraction of sp³-hybridized carbons (Fsp3) is 0.294. The second-order valence-electron chi connectivity index (χ2n) is 4.99. The van der Waals surface area contributed by atoms with Gasteiger partial charge in [-0.15, -0.1) is 23.5 Å². The molecule has 23 heavy (non-hydrogen) atoms. The predicted octanol–water partition coefficient (Wildman–Crippen LogP) is 3.98. The molecule has 1 aromatic carbocycles. The molecule has 1 aromatic heterocycles. The minimum atomic E-state index is -0.00151. The summed E-state index contributed by atoms with van der Waals surface area (Å²) in [5.74, 6) is 2.20. The van der Waals surface area contributed by atoms with Crippen molar-refractivity contribution in [3.05, 3.63) is 48.2 Å². The van der Waals surface area contributed by atoms with E-state index in [2.05, 4.69) is 36.2 Å². The summed E-state index contributed by atoms with van der Waals surface area (Å²) in [5.41, 5.74) is 1.94. The molecule has 1 aliphatic rings. The van der Waals surface area contributed by atoms with Gasteiger partial charge in [-0.3, -0.25) is 9.69 Å². The van der Waals surface area contributed by atoms with Gasteiger partial charge in [0, 0.05) is 11.0 Å². The SMILES string of the molecule is CCSc1ccc(C2SCC(=O)N2c2ccc(OC)nc2)cc1. The van der Waals surface area contributed by atoms with Crippen molar-refractivity contribution >= 4 is 35.1 Å². The van der Waals surface area contributed by atoms with Crippen LogP contribution in [-0.4, -0.2) is 29.5 Å². The van der Waals surface area contributed by atoms with Crippen LogP contribution in [0.5, 0.6) is 5.88 Å². The zero-order valence-corrected chi connectivity index (χ0v) is 14.7. The molecular formula is C17H18N2O2S2. The molecule has 1 amide bonds. The lowest BCUT2D eigenvalue weighted by Crippen LogP contribution is -2.27. The Hall–Kier alpha value is -1.66. The number of benzene rings is 1. The number of methoxy groups -OCH3 is 1. The van der Waals surface area contributed by atoms with Crippen LogP contribution < -0.4 is 9.64 Å². The molecule has 0 radical (unpaired) electrons. The Kier molecular flexibility index (Phi) is 5.13. The van der Waals surface area contributed by atoms with Crippen LogP contribution in [0.1, 0.15) is 17.9 Å². The van der Waals surface area contributed by atoms with E-state index in [0.29, 0.717) is 11.6 Å². The number of hydrogen-bond donors (Lipinski definition) is 0. The molecule has 1 aliphatic heterocycles. The number of amides is 1. The van der Waals surface area contributed by atoms with Gasteiger partial charge in [0.05, 0.1) is 24.7 Å². The molecule has 0 N–H and O–H groups in total. The zero-order chi connectivity index (χ0) is 16.2. The van der Waals surface area contributed by atoms with Gasteiger partial charge in [-0.05, 0) is 29.5 Å². The highest BCUT2D eigenvalue weighted by Crippen LogP contribution is 2.42. The Morgan fingerprint density at radius 2 is 2.09 bits per heavy atom. The molecular weight excluding hydrogens is 328 g/mol. The van der Waals surface area contributed by atoms with Crippen molar-refractivity contribution in [1.82, 2.24) is 4.98 Å². The lowest BCUT2D eigenvalue weighted by Gasteiger charge is -2.24. The average molecular weight is 346 g/mol. The van der Waals surface area contributed by atoms with Crippen molar-refractivity contribution in [1.29, 1.82) is 0 Å². The molecule has 0 bridgehead atoms. The first-order valence-corrected chi connectivity index (χ1v) is 9.43. The number of rotatable bonds is 5. The Labute approximate surface area is 144 Å². The van der Waals surface area contributed by atoms with Crippen molar-refractivity contribution in [2.24, 2.45) is 0 Å². The van der Waals surface area contributed by atoms with E-state index in [-0.39, 0.29) is 11.3 Å². The number of thioether (sulfide) groups is 2. The monoisotopic (exact) mass is 346 g/mol. The van der Waals surface area contributed by atoms with Crippen LogP contribution in [0.15, 0.2) is 47.5 Å². The number of pyridine rings is 1. The minimum Gasteiger partial charge on any atom is -0.481 e. The quantitative estimate of drug-likeness (QED) is 0.766. The molecule has 0 spiro atoms. The van der Waals surface area contributed by atoms with Gasteiger partial charge in [0.1, 0.15) is 5.37 Å². The van der Waals surface area contributed by atoms with Crippen LogP contribution in [0.25, 0.3) is 0 Å². The first-order valence-electron chi connectivity index (χ1n) is 7.39. The van der Waals surface area contributed by atoms with Crippen LogP contribution in [0.4, 0.5) is 5.69 Å². The van der Waals surface area contributed by atoms with E-state index in [1.54, 1.807) is 31.1 Å². The largest absolute Gasteiger partial charge is 0.481 e. The van der Waals surface area contributed by atoms with Crippen LogP contribution in [0.2, 0.25) is 0 Å². The lowest BCUT2D eigenvalue weighted by molar-refractivity contribution is -0.115. The van der Waals surface area contributed by atoms with Crippen LogP contribution in [-0.2, 0) is 4.79 Å². The van der Waals surface area contributed by atoms with Gasteiger partial charge in [0.15, 0.2) is 0 Å². The number of aromatic nitrogens is 1. The second kappa shape index (κ2) is 7.27. The number of hydrogen-bond acceptors (Lipinski definition) is 5. The van der Waals surface area contributed by atoms with Gasteiger partial charge in [-0.25, -0.2) is 4.98 Å². The zero-order valence-electron chi connectivity index (χ0n) is 13.1. The number of carbonyl (C=O) groups excluding carboxylic acids is 1. The Morgan fingerprint density at radius 1 is 1.30 bits per heavy atom. The minimum absolute atomic E-state index is 0.00151. The highest BCUT2D eigenvalue weighted by molar-refractivity contribution is 8.00. The fourth-order valence-electron chi connectivity index (χ4n) is 2.48. The predicted molar refractivity (Wildman–Crippen MR) is 96.3 cm³/mol. The summed E-state index contributed by atoms with van der Waals surface area (Å²) in [6.45, 7) is 2.14. The first kappa shape index (κ1) is 16.2. The molecule has 1 atom stereocenters. The Balaban J connectivity index is 1.86. The maximum Gasteiger partial charge on any atom is 0.238 e. The smallest absolute Gasteiger partial charge is 0.238 e. The van der Waals surface area contributed by atoms with Gasteiger partial charge in [0.25, 0.3) is 0 Å². The molecule has 120 valence electrons. The molecule has 3 rings (SSSR count). The van der Waals surface area contributed by atoms with Gasteiger partial charge in [-0.2, -0.15) is 0 Å². The van der Waals surface area contributed by atoms with Crippen LogP contribution >= 0.6 is 23.5 Å². The topological polar surface area (TPSA) is 42.4 Å². The normalized spacial score (nSPS) is 17.6. The molecule has 2 heterocycles. The summed E-state index contributed by atoms with van der Waals surface area (Å²) in [5, 5.41) is -0.00151. The van der Waals surface area contributed by atoms with Crippen molar-refractivity contribution in [3.63, 3.8) is 0 Å². The van der Waals surface area contributed by atoms with Crippen molar-refractivity contribution in [2.75, 3.05) is 23.5 Å². The van der Waals surface area contributed by atoms with Gasteiger partial charge >= 0.3 is 0 Å². The van der Waals surface area contributed by atoms with Gasteiger partial charge in [-0.1, -0.05) is 19.1 Å². The van der Waals surface area contributed by atoms with E-state index in [9.17, 15) is 4.79 Å². The van der Waals surface area contributed by atoms with E-state index in [1.807, 2.05) is 22.7 Å². The average Bonchev–Trinajstić information content (AvgIpc) is 2.97. The molecule has 1 fully saturated rings. The Morgan fingerprint density at radius 3 is 2.70 bits per heavy atom. The van der Waals surface area contributed by atoms with E-state index in [1.165, 1.54) is 4.90 Å². The molecule has 2 aromatic rings. The molecule has 4 nitrogen and oxygen atoms in total. The summed E-state index contributed by atoms with van der Waals surface area (Å²) in [6, 6.07) is 12.1. The molecule has 6 heteroatoms. The summed E-state index contributed by atoms with van der Waals surface area (Å²) in [7, 11) is 1.58. The van der Waals surface area contributed by atoms with E-state index < -0.39 is 0 Å². The van der Waals surface area contributed by atoms with Crippen molar-refractivity contribution in [3.8, 4) is 5.88 Å². The number of anilines is 1. The van der Waals surface area contributed by atoms with Crippen LogP contribution in [0, 0.1) is 0 Å². The highest BCUT2D eigenvalue weighted by Gasteiger charge is 2.34. The lowest BCUT2D eigenvalue weighted by atomic mass is 10.2. The summed E-state index contributed by atoms with van der Waals surface area (Å²) >= 11 is 3.46. The van der Waals surface area contributed by atoms with E-state index in [4.69, 9.17) is 4.74 Å². The van der Waals surface area contributed by atoms with E-state index in [0.717, 1.165) is 17.0 Å². The second-order valence-corrected chi connectivity index (χ2v) is 7.39. The van der Waals surface area contributed by atoms with Crippen molar-refractivity contribution < 1.29 is 9.53 Å². The third kappa shape index (κ3) is 3.48. The van der Waals surface area contributed by atoms with Crippen LogP contribution in [0.3, 0.4) is 0 Å². The molecule has 0 saturated carbocycles. The maximum absolute atomic E-state index is 12.3. The summed E-state index contributed by atoms with van der Waals surface area (Å²) in [6.07, 6.45) is 1.69. The van der Waals surface area contributed by atoms with Crippen molar-refractivity contribution in [2.45, 2.75) is 17.2 Å². The third-order valence-corrected chi connectivity index (χ3v) is 5.66.